The molecular formula is C9H21ClN2O3S. The first-order valence-corrected chi connectivity index (χ1v) is 6.97. The summed E-state index contributed by atoms with van der Waals surface area (Å²) in [5.74, 6) is 0.0885. The minimum absolute atomic E-state index is 0. The summed E-state index contributed by atoms with van der Waals surface area (Å²) in [6, 6.07) is 0.0466. The predicted octanol–water partition coefficient (Wildman–Crippen LogP) is 0.0682. The van der Waals surface area contributed by atoms with Crippen LogP contribution in [-0.2, 0) is 14.8 Å². The fraction of sp³-hybridized carbons (Fsp3) is 1.00. The number of nitrogens with one attached hydrogen (secondary N) is 1. The van der Waals surface area contributed by atoms with E-state index >= 15 is 0 Å². The van der Waals surface area contributed by atoms with Gasteiger partial charge in [0.25, 0.3) is 0 Å². The highest BCUT2D eigenvalue weighted by Crippen LogP contribution is 2.09. The van der Waals surface area contributed by atoms with Gasteiger partial charge in [-0.2, -0.15) is 4.31 Å². The molecule has 1 aliphatic rings. The Morgan fingerprint density at radius 1 is 1.50 bits per heavy atom. The Hall–Kier alpha value is 0.120. The Kier molecular flexibility index (Phi) is 7.50. The van der Waals surface area contributed by atoms with Crippen molar-refractivity contribution in [3.05, 3.63) is 0 Å². The van der Waals surface area contributed by atoms with E-state index in [0.717, 1.165) is 13.1 Å². The van der Waals surface area contributed by atoms with Crippen LogP contribution >= 0.6 is 12.4 Å². The van der Waals surface area contributed by atoms with Crippen LogP contribution in [0.5, 0.6) is 0 Å². The van der Waals surface area contributed by atoms with Crippen molar-refractivity contribution in [2.75, 3.05) is 38.6 Å². The molecular weight excluding hydrogens is 252 g/mol. The van der Waals surface area contributed by atoms with Gasteiger partial charge >= 0.3 is 0 Å². The van der Waals surface area contributed by atoms with Crippen molar-refractivity contribution in [3.8, 4) is 0 Å². The van der Waals surface area contributed by atoms with Gasteiger partial charge in [-0.25, -0.2) is 8.42 Å². The highest BCUT2D eigenvalue weighted by molar-refractivity contribution is 7.89. The van der Waals surface area contributed by atoms with E-state index in [4.69, 9.17) is 4.74 Å². The minimum Gasteiger partial charge on any atom is -0.381 e. The van der Waals surface area contributed by atoms with Crippen LogP contribution in [0.4, 0.5) is 0 Å². The minimum atomic E-state index is -3.14. The molecule has 0 bridgehead atoms. The standard InChI is InChI=1S/C9H20N2O3S.ClH/c1-3-14-6-7-15(12,13)11-5-4-10-8-9(11)2;/h9-10H,3-8H2,1-2H3;1H/t9-;/m0./s1. The van der Waals surface area contributed by atoms with Crippen molar-refractivity contribution in [3.63, 3.8) is 0 Å². The smallest absolute Gasteiger partial charge is 0.216 e. The fourth-order valence-corrected chi connectivity index (χ4v) is 3.22. The number of halogens is 1. The summed E-state index contributed by atoms with van der Waals surface area (Å²) in [6.07, 6.45) is 0. The van der Waals surface area contributed by atoms with Crippen LogP contribution in [0, 0.1) is 0 Å². The van der Waals surface area contributed by atoms with Crippen molar-refractivity contribution >= 4 is 22.4 Å². The Bertz CT molecular complexity index is 284. The lowest BCUT2D eigenvalue weighted by Crippen LogP contribution is -2.53. The summed E-state index contributed by atoms with van der Waals surface area (Å²) in [7, 11) is -3.14. The quantitative estimate of drug-likeness (QED) is 0.720. The molecule has 0 aromatic rings. The number of ether oxygens (including phenoxy) is 1. The summed E-state index contributed by atoms with van der Waals surface area (Å²) in [5.41, 5.74) is 0. The van der Waals surface area contributed by atoms with Crippen molar-refractivity contribution < 1.29 is 13.2 Å². The second kappa shape index (κ2) is 7.45. The second-order valence-corrected chi connectivity index (χ2v) is 5.72. The Morgan fingerprint density at radius 3 is 2.75 bits per heavy atom. The Labute approximate surface area is 104 Å². The van der Waals surface area contributed by atoms with E-state index in [2.05, 4.69) is 5.32 Å². The van der Waals surface area contributed by atoms with Crippen LogP contribution in [-0.4, -0.2) is 57.4 Å². The molecule has 1 rings (SSSR count). The zero-order valence-corrected chi connectivity index (χ0v) is 11.4. The highest BCUT2D eigenvalue weighted by Gasteiger charge is 2.28. The van der Waals surface area contributed by atoms with Gasteiger partial charge in [0.05, 0.1) is 12.4 Å². The normalized spacial score (nSPS) is 22.8. The summed E-state index contributed by atoms with van der Waals surface area (Å²) < 4.78 is 30.4. The molecule has 1 fully saturated rings. The molecule has 0 radical (unpaired) electrons. The topological polar surface area (TPSA) is 58.6 Å². The van der Waals surface area contributed by atoms with E-state index in [-0.39, 0.29) is 30.8 Å². The van der Waals surface area contributed by atoms with Crippen molar-refractivity contribution in [2.24, 2.45) is 0 Å². The molecule has 1 heterocycles. The largest absolute Gasteiger partial charge is 0.381 e. The Morgan fingerprint density at radius 2 is 2.19 bits per heavy atom. The average molecular weight is 273 g/mol. The van der Waals surface area contributed by atoms with Crippen molar-refractivity contribution in [1.29, 1.82) is 0 Å². The van der Waals surface area contributed by atoms with E-state index < -0.39 is 10.0 Å². The summed E-state index contributed by atoms with van der Waals surface area (Å²) in [5, 5.41) is 3.17. The van der Waals surface area contributed by atoms with Gasteiger partial charge in [0.1, 0.15) is 0 Å². The van der Waals surface area contributed by atoms with E-state index in [9.17, 15) is 8.42 Å². The molecule has 0 aromatic carbocycles. The summed E-state index contributed by atoms with van der Waals surface area (Å²) in [4.78, 5) is 0. The molecule has 0 spiro atoms. The summed E-state index contributed by atoms with van der Waals surface area (Å²) in [6.45, 7) is 6.66. The van der Waals surface area contributed by atoms with E-state index in [1.807, 2.05) is 13.8 Å². The molecule has 1 saturated heterocycles. The zero-order chi connectivity index (χ0) is 11.3. The lowest BCUT2D eigenvalue weighted by molar-refractivity contribution is 0.161. The van der Waals surface area contributed by atoms with Gasteiger partial charge in [-0.05, 0) is 13.8 Å². The van der Waals surface area contributed by atoms with E-state index in [1.165, 1.54) is 0 Å². The number of rotatable bonds is 5. The van der Waals surface area contributed by atoms with Crippen molar-refractivity contribution in [2.45, 2.75) is 19.9 Å². The maximum atomic E-state index is 11.9. The molecule has 0 aromatic heterocycles. The monoisotopic (exact) mass is 272 g/mol. The number of nitrogens with zero attached hydrogens (tertiary/aromatic N) is 1. The molecule has 98 valence electrons. The van der Waals surface area contributed by atoms with Crippen LogP contribution in [0.25, 0.3) is 0 Å². The van der Waals surface area contributed by atoms with Crippen LogP contribution < -0.4 is 5.32 Å². The molecule has 0 saturated carbocycles. The van der Waals surface area contributed by atoms with E-state index in [1.54, 1.807) is 4.31 Å². The molecule has 7 heteroatoms. The first-order chi connectivity index (χ1) is 7.08. The second-order valence-electron chi connectivity index (χ2n) is 3.68. The van der Waals surface area contributed by atoms with Crippen LogP contribution in [0.15, 0.2) is 0 Å². The molecule has 0 aliphatic carbocycles. The number of piperazine rings is 1. The van der Waals surface area contributed by atoms with Crippen molar-refractivity contribution in [1.82, 2.24) is 9.62 Å². The van der Waals surface area contributed by atoms with Gasteiger partial charge < -0.3 is 10.1 Å². The van der Waals surface area contributed by atoms with Crippen LogP contribution in [0.3, 0.4) is 0 Å². The van der Waals surface area contributed by atoms with Gasteiger partial charge in [-0.3, -0.25) is 0 Å². The lowest BCUT2D eigenvalue weighted by atomic mass is 10.3. The highest BCUT2D eigenvalue weighted by atomic mass is 35.5. The number of hydrogen-bond donors (Lipinski definition) is 1. The molecule has 16 heavy (non-hydrogen) atoms. The van der Waals surface area contributed by atoms with Gasteiger partial charge in [-0.15, -0.1) is 12.4 Å². The van der Waals surface area contributed by atoms with E-state index in [0.29, 0.717) is 13.2 Å². The lowest BCUT2D eigenvalue weighted by Gasteiger charge is -2.32. The third-order valence-electron chi connectivity index (χ3n) is 2.49. The van der Waals surface area contributed by atoms with Crippen LogP contribution in [0.1, 0.15) is 13.8 Å². The van der Waals surface area contributed by atoms with Gasteiger partial charge in [-0.1, -0.05) is 0 Å². The molecule has 5 nitrogen and oxygen atoms in total. The average Bonchev–Trinajstić information content (AvgIpc) is 2.18. The maximum Gasteiger partial charge on any atom is 0.216 e. The Balaban J connectivity index is 0.00000225. The maximum absolute atomic E-state index is 11.9. The molecule has 0 amide bonds. The molecule has 0 unspecified atom stereocenters. The van der Waals surface area contributed by atoms with Gasteiger partial charge in [0, 0.05) is 32.3 Å². The molecule has 1 N–H and O–H groups in total. The first kappa shape index (κ1) is 16.1. The summed E-state index contributed by atoms with van der Waals surface area (Å²) >= 11 is 0. The third kappa shape index (κ3) is 4.55. The SMILES string of the molecule is CCOCCS(=O)(=O)N1CCNC[C@@H]1C.Cl. The molecule has 1 atom stereocenters. The van der Waals surface area contributed by atoms with Gasteiger partial charge in [0.15, 0.2) is 0 Å². The molecule has 1 aliphatic heterocycles. The zero-order valence-electron chi connectivity index (χ0n) is 9.81. The predicted molar refractivity (Wildman–Crippen MR) is 66.6 cm³/mol. The third-order valence-corrected chi connectivity index (χ3v) is 4.43. The fourth-order valence-electron chi connectivity index (χ4n) is 1.66. The van der Waals surface area contributed by atoms with Crippen LogP contribution in [0.2, 0.25) is 0 Å². The number of hydrogen-bond acceptors (Lipinski definition) is 4. The number of sulfonamides is 1. The first-order valence-electron chi connectivity index (χ1n) is 5.36. The van der Waals surface area contributed by atoms with Gasteiger partial charge in [0.2, 0.25) is 10.0 Å².